The van der Waals surface area contributed by atoms with E-state index in [4.69, 9.17) is 19.9 Å². The Bertz CT molecular complexity index is 570. The van der Waals surface area contributed by atoms with Crippen molar-refractivity contribution in [3.8, 4) is 23.0 Å². The summed E-state index contributed by atoms with van der Waals surface area (Å²) in [5, 5.41) is 0. The summed E-state index contributed by atoms with van der Waals surface area (Å²) in [4.78, 5) is 0. The highest BCUT2D eigenvalue weighted by Gasteiger charge is 2.10. The van der Waals surface area contributed by atoms with E-state index in [1.165, 1.54) is 13.2 Å². The summed E-state index contributed by atoms with van der Waals surface area (Å²) in [6, 6.07) is 9.39. The van der Waals surface area contributed by atoms with Crippen LogP contribution < -0.4 is 19.9 Å². The van der Waals surface area contributed by atoms with Gasteiger partial charge in [0.1, 0.15) is 17.2 Å². The Hall–Kier alpha value is -2.43. The summed E-state index contributed by atoms with van der Waals surface area (Å²) < 4.78 is 29.2. The Labute approximate surface area is 110 Å². The molecule has 0 atom stereocenters. The first-order chi connectivity index (χ1) is 9.13. The maximum absolute atomic E-state index is 13.7. The molecule has 4 nitrogen and oxygen atoms in total. The smallest absolute Gasteiger partial charge is 0.168 e. The third kappa shape index (κ3) is 2.88. The molecule has 0 amide bonds. The molecule has 0 fully saturated rings. The topological polar surface area (TPSA) is 53.7 Å². The molecule has 0 aliphatic heterocycles. The van der Waals surface area contributed by atoms with E-state index in [0.717, 1.165) is 6.07 Å². The fourth-order valence-electron chi connectivity index (χ4n) is 1.58. The van der Waals surface area contributed by atoms with Crippen molar-refractivity contribution in [2.45, 2.75) is 0 Å². The number of hydrogen-bond acceptors (Lipinski definition) is 4. The number of halogens is 1. The van der Waals surface area contributed by atoms with Crippen LogP contribution in [0.1, 0.15) is 0 Å². The molecule has 0 saturated carbocycles. The van der Waals surface area contributed by atoms with Gasteiger partial charge in [-0.2, -0.15) is 0 Å². The first-order valence-corrected chi connectivity index (χ1v) is 5.59. The molecule has 0 bridgehead atoms. The van der Waals surface area contributed by atoms with Crippen LogP contribution in [0.4, 0.5) is 10.1 Å². The highest BCUT2D eigenvalue weighted by molar-refractivity contribution is 5.56. The number of methoxy groups -OCH3 is 2. The second-order valence-electron chi connectivity index (χ2n) is 3.80. The minimum absolute atomic E-state index is 0.0521. The predicted octanol–water partition coefficient (Wildman–Crippen LogP) is 3.22. The molecule has 2 aromatic carbocycles. The minimum Gasteiger partial charge on any atom is -0.497 e. The van der Waals surface area contributed by atoms with E-state index >= 15 is 0 Å². The van der Waals surface area contributed by atoms with Crippen molar-refractivity contribution in [3.05, 3.63) is 42.2 Å². The van der Waals surface area contributed by atoms with Gasteiger partial charge in [-0.05, 0) is 24.3 Å². The van der Waals surface area contributed by atoms with Crippen molar-refractivity contribution in [1.29, 1.82) is 0 Å². The summed E-state index contributed by atoms with van der Waals surface area (Å²) in [7, 11) is 3.03. The molecule has 0 unspecified atom stereocenters. The minimum atomic E-state index is -0.547. The summed E-state index contributed by atoms with van der Waals surface area (Å²) in [6.07, 6.45) is 0. The first-order valence-electron chi connectivity index (χ1n) is 5.59. The Morgan fingerprint density at radius 1 is 0.895 bits per heavy atom. The zero-order valence-electron chi connectivity index (χ0n) is 10.6. The number of rotatable bonds is 4. The van der Waals surface area contributed by atoms with E-state index in [2.05, 4.69) is 0 Å². The fraction of sp³-hybridized carbons (Fsp3) is 0.143. The number of hydrogen-bond donors (Lipinski definition) is 1. The lowest BCUT2D eigenvalue weighted by Crippen LogP contribution is -1.96. The van der Waals surface area contributed by atoms with Gasteiger partial charge in [-0.1, -0.05) is 0 Å². The third-order valence-electron chi connectivity index (χ3n) is 2.57. The SMILES string of the molecule is COc1ccc(Oc2cc(OC)c(N)cc2F)cc1. The van der Waals surface area contributed by atoms with Crippen LogP contribution in [0, 0.1) is 5.82 Å². The van der Waals surface area contributed by atoms with Crippen LogP contribution in [0.25, 0.3) is 0 Å². The van der Waals surface area contributed by atoms with Gasteiger partial charge in [0.05, 0.1) is 19.9 Å². The maximum atomic E-state index is 13.7. The van der Waals surface area contributed by atoms with Crippen molar-refractivity contribution >= 4 is 5.69 Å². The molecule has 100 valence electrons. The van der Waals surface area contributed by atoms with Crippen LogP contribution in [0.15, 0.2) is 36.4 Å². The van der Waals surface area contributed by atoms with Gasteiger partial charge >= 0.3 is 0 Å². The second-order valence-corrected chi connectivity index (χ2v) is 3.80. The van der Waals surface area contributed by atoms with Gasteiger partial charge in [0.15, 0.2) is 11.6 Å². The number of ether oxygens (including phenoxy) is 3. The quantitative estimate of drug-likeness (QED) is 0.860. The van der Waals surface area contributed by atoms with E-state index < -0.39 is 5.82 Å². The van der Waals surface area contributed by atoms with Crippen LogP contribution in [0.5, 0.6) is 23.0 Å². The standard InChI is InChI=1S/C14H14FNO3/c1-17-9-3-5-10(6-4-9)19-13-8-14(18-2)12(16)7-11(13)15/h3-8H,16H2,1-2H3. The maximum Gasteiger partial charge on any atom is 0.168 e. The summed E-state index contributed by atoms with van der Waals surface area (Å²) in [5.74, 6) is 1.06. The predicted molar refractivity (Wildman–Crippen MR) is 70.4 cm³/mol. The molecular weight excluding hydrogens is 249 g/mol. The van der Waals surface area contributed by atoms with Crippen molar-refractivity contribution in [2.24, 2.45) is 0 Å². The van der Waals surface area contributed by atoms with Crippen molar-refractivity contribution in [2.75, 3.05) is 20.0 Å². The molecule has 5 heteroatoms. The average Bonchev–Trinajstić information content (AvgIpc) is 2.42. The number of anilines is 1. The van der Waals surface area contributed by atoms with Crippen LogP contribution in [-0.4, -0.2) is 14.2 Å². The summed E-state index contributed by atoms with van der Waals surface area (Å²) in [6.45, 7) is 0. The summed E-state index contributed by atoms with van der Waals surface area (Å²) in [5.41, 5.74) is 5.82. The molecule has 0 saturated heterocycles. The highest BCUT2D eigenvalue weighted by Crippen LogP contribution is 2.33. The van der Waals surface area contributed by atoms with Gasteiger partial charge in [0, 0.05) is 12.1 Å². The second kappa shape index (κ2) is 5.48. The van der Waals surface area contributed by atoms with E-state index in [-0.39, 0.29) is 11.4 Å². The molecule has 2 N–H and O–H groups in total. The molecule has 0 aliphatic rings. The molecule has 0 aliphatic carbocycles. The van der Waals surface area contributed by atoms with Crippen LogP contribution in [0.3, 0.4) is 0 Å². The van der Waals surface area contributed by atoms with Gasteiger partial charge < -0.3 is 19.9 Å². The zero-order valence-corrected chi connectivity index (χ0v) is 10.6. The molecular formula is C14H14FNO3. The number of nitrogens with two attached hydrogens (primary N) is 1. The average molecular weight is 263 g/mol. The van der Waals surface area contributed by atoms with Gasteiger partial charge in [-0.3, -0.25) is 0 Å². The normalized spacial score (nSPS) is 10.1. The van der Waals surface area contributed by atoms with Gasteiger partial charge in [0.2, 0.25) is 0 Å². The lowest BCUT2D eigenvalue weighted by molar-refractivity contribution is 0.400. The lowest BCUT2D eigenvalue weighted by Gasteiger charge is -2.10. The Kier molecular flexibility index (Phi) is 3.75. The Morgan fingerprint density at radius 2 is 1.53 bits per heavy atom. The Morgan fingerprint density at radius 3 is 2.11 bits per heavy atom. The lowest BCUT2D eigenvalue weighted by atomic mass is 10.2. The molecule has 0 spiro atoms. The van der Waals surface area contributed by atoms with Crippen LogP contribution in [-0.2, 0) is 0 Å². The van der Waals surface area contributed by atoms with Crippen LogP contribution >= 0.6 is 0 Å². The van der Waals surface area contributed by atoms with E-state index in [1.54, 1.807) is 31.4 Å². The summed E-state index contributed by atoms with van der Waals surface area (Å²) >= 11 is 0. The third-order valence-corrected chi connectivity index (χ3v) is 2.57. The molecule has 0 aromatic heterocycles. The number of nitrogen functional groups attached to an aromatic ring is 1. The molecule has 2 rings (SSSR count). The van der Waals surface area contributed by atoms with E-state index in [9.17, 15) is 4.39 Å². The zero-order chi connectivity index (χ0) is 13.8. The van der Waals surface area contributed by atoms with E-state index in [1.807, 2.05) is 0 Å². The molecule has 0 heterocycles. The van der Waals surface area contributed by atoms with Crippen molar-refractivity contribution in [3.63, 3.8) is 0 Å². The monoisotopic (exact) mass is 263 g/mol. The molecule has 19 heavy (non-hydrogen) atoms. The number of benzene rings is 2. The van der Waals surface area contributed by atoms with Gasteiger partial charge in [-0.15, -0.1) is 0 Å². The van der Waals surface area contributed by atoms with Crippen molar-refractivity contribution < 1.29 is 18.6 Å². The fourth-order valence-corrected chi connectivity index (χ4v) is 1.58. The highest BCUT2D eigenvalue weighted by atomic mass is 19.1. The van der Waals surface area contributed by atoms with Gasteiger partial charge in [-0.25, -0.2) is 4.39 Å². The first kappa shape index (κ1) is 13.0. The van der Waals surface area contributed by atoms with Crippen LogP contribution in [0.2, 0.25) is 0 Å². The molecule has 0 radical (unpaired) electrons. The van der Waals surface area contributed by atoms with Gasteiger partial charge in [0.25, 0.3) is 0 Å². The Balaban J connectivity index is 2.26. The largest absolute Gasteiger partial charge is 0.497 e. The molecule has 2 aromatic rings. The van der Waals surface area contributed by atoms with Crippen molar-refractivity contribution in [1.82, 2.24) is 0 Å². The van der Waals surface area contributed by atoms with E-state index in [0.29, 0.717) is 17.2 Å².